The van der Waals surface area contributed by atoms with E-state index in [4.69, 9.17) is 15.3 Å². The van der Waals surface area contributed by atoms with Crippen LogP contribution in [-0.4, -0.2) is 24.2 Å². The minimum Gasteiger partial charge on any atom is -0.494 e. The number of carbonyl (C=O) groups excluding carboxylic acids is 1. The van der Waals surface area contributed by atoms with E-state index in [2.05, 4.69) is 0 Å². The van der Waals surface area contributed by atoms with Crippen LogP contribution in [0, 0.1) is 0 Å². The number of amides is 1. The molecule has 0 aliphatic rings. The summed E-state index contributed by atoms with van der Waals surface area (Å²) < 4.78 is 10.8. The number of ether oxygens (including phenoxy) is 2. The highest BCUT2D eigenvalue weighted by Crippen LogP contribution is 2.32. The van der Waals surface area contributed by atoms with Crippen LogP contribution in [0.25, 0.3) is 0 Å². The van der Waals surface area contributed by atoms with Gasteiger partial charge in [0.25, 0.3) is 5.91 Å². The first kappa shape index (κ1) is 17.8. The van der Waals surface area contributed by atoms with Crippen LogP contribution in [0.5, 0.6) is 11.5 Å². The molecule has 0 aliphatic heterocycles. The molecule has 0 saturated heterocycles. The first-order valence-corrected chi connectivity index (χ1v) is 7.76. The van der Waals surface area contributed by atoms with Crippen LogP contribution in [0.4, 0.5) is 0 Å². The number of hydrazine groups is 1. The second kappa shape index (κ2) is 7.81. The minimum absolute atomic E-state index is 0.387. The van der Waals surface area contributed by atoms with Crippen LogP contribution in [0.1, 0.15) is 25.0 Å². The van der Waals surface area contributed by atoms with Crippen LogP contribution in [0.3, 0.4) is 0 Å². The molecule has 0 aromatic heterocycles. The molecule has 1 amide bonds. The van der Waals surface area contributed by atoms with Gasteiger partial charge in [0.15, 0.2) is 5.60 Å². The topological polar surface area (TPSA) is 93.8 Å². The summed E-state index contributed by atoms with van der Waals surface area (Å²) in [4.78, 5) is 12.3. The van der Waals surface area contributed by atoms with Crippen LogP contribution in [0.2, 0.25) is 0 Å². The van der Waals surface area contributed by atoms with Crippen molar-refractivity contribution < 1.29 is 19.4 Å². The van der Waals surface area contributed by atoms with E-state index >= 15 is 0 Å². The van der Waals surface area contributed by atoms with Gasteiger partial charge >= 0.3 is 0 Å². The Morgan fingerprint density at radius 1 is 0.958 bits per heavy atom. The summed E-state index contributed by atoms with van der Waals surface area (Å²) in [6.07, 6.45) is 0. The van der Waals surface area contributed by atoms with Crippen molar-refractivity contribution in [2.45, 2.75) is 19.4 Å². The molecule has 128 valence electrons. The van der Waals surface area contributed by atoms with Crippen LogP contribution >= 0.6 is 0 Å². The summed E-state index contributed by atoms with van der Waals surface area (Å²) in [5.74, 6) is 5.86. The highest BCUT2D eigenvalue weighted by molar-refractivity contribution is 5.89. The Morgan fingerprint density at radius 2 is 1.33 bits per heavy atom. The number of benzene rings is 2. The van der Waals surface area contributed by atoms with Crippen molar-refractivity contribution in [3.05, 3.63) is 59.7 Å². The van der Waals surface area contributed by atoms with Gasteiger partial charge in [-0.1, -0.05) is 24.3 Å². The summed E-state index contributed by atoms with van der Waals surface area (Å²) in [6, 6.07) is 13.3. The predicted molar refractivity (Wildman–Crippen MR) is 90.6 cm³/mol. The average molecular weight is 330 g/mol. The third-order valence-electron chi connectivity index (χ3n) is 3.63. The molecule has 6 heteroatoms. The van der Waals surface area contributed by atoms with Gasteiger partial charge in [-0.25, -0.2) is 5.84 Å². The van der Waals surface area contributed by atoms with Crippen molar-refractivity contribution in [1.82, 2.24) is 5.43 Å². The summed E-state index contributed by atoms with van der Waals surface area (Å²) in [6.45, 7) is 4.83. The van der Waals surface area contributed by atoms with Gasteiger partial charge in [-0.05, 0) is 49.2 Å². The Kier molecular flexibility index (Phi) is 5.78. The van der Waals surface area contributed by atoms with Crippen LogP contribution in [0.15, 0.2) is 48.5 Å². The van der Waals surface area contributed by atoms with Gasteiger partial charge in [-0.2, -0.15) is 0 Å². The first-order chi connectivity index (χ1) is 11.6. The Labute approximate surface area is 141 Å². The molecule has 0 atom stereocenters. The molecule has 0 bridgehead atoms. The second-order valence-electron chi connectivity index (χ2n) is 5.10. The number of rotatable bonds is 7. The van der Waals surface area contributed by atoms with Crippen molar-refractivity contribution >= 4 is 5.91 Å². The lowest BCUT2D eigenvalue weighted by atomic mass is 9.85. The van der Waals surface area contributed by atoms with Gasteiger partial charge in [-0.15, -0.1) is 0 Å². The highest BCUT2D eigenvalue weighted by atomic mass is 16.5. The minimum atomic E-state index is -1.91. The Bertz CT molecular complexity index is 619. The summed E-state index contributed by atoms with van der Waals surface area (Å²) >= 11 is 0. The largest absolute Gasteiger partial charge is 0.494 e. The molecule has 0 radical (unpaired) electrons. The molecular formula is C18H22N2O4. The number of aliphatic hydroxyl groups is 1. The number of carbonyl (C=O) groups is 1. The molecule has 2 aromatic carbocycles. The van der Waals surface area contributed by atoms with E-state index in [1.54, 1.807) is 48.5 Å². The lowest BCUT2D eigenvalue weighted by Crippen LogP contribution is -2.48. The van der Waals surface area contributed by atoms with E-state index in [0.29, 0.717) is 35.8 Å². The zero-order chi connectivity index (χ0) is 17.6. The predicted octanol–water partition coefficient (Wildman–Crippen LogP) is 1.71. The van der Waals surface area contributed by atoms with E-state index in [0.717, 1.165) is 0 Å². The summed E-state index contributed by atoms with van der Waals surface area (Å²) in [5, 5.41) is 11.1. The van der Waals surface area contributed by atoms with E-state index in [1.807, 2.05) is 19.3 Å². The molecule has 4 N–H and O–H groups in total. The molecule has 0 unspecified atom stereocenters. The number of hydrogen-bond acceptors (Lipinski definition) is 5. The molecule has 6 nitrogen and oxygen atoms in total. The van der Waals surface area contributed by atoms with Crippen molar-refractivity contribution in [1.29, 1.82) is 0 Å². The molecule has 0 heterocycles. The molecular weight excluding hydrogens is 308 g/mol. The number of hydrogen-bond donors (Lipinski definition) is 3. The lowest BCUT2D eigenvalue weighted by molar-refractivity contribution is -0.136. The maximum Gasteiger partial charge on any atom is 0.275 e. The normalized spacial score (nSPS) is 11.0. The SMILES string of the molecule is CCOc1ccc(C(O)(C(=O)NN)c2ccc(OCC)cc2)cc1. The third kappa shape index (κ3) is 3.50. The first-order valence-electron chi connectivity index (χ1n) is 7.76. The molecule has 0 fully saturated rings. The smallest absolute Gasteiger partial charge is 0.275 e. The van der Waals surface area contributed by atoms with E-state index < -0.39 is 11.5 Å². The molecule has 24 heavy (non-hydrogen) atoms. The van der Waals surface area contributed by atoms with Gasteiger partial charge < -0.3 is 14.6 Å². The van der Waals surface area contributed by atoms with Crippen molar-refractivity contribution in [2.24, 2.45) is 5.84 Å². The van der Waals surface area contributed by atoms with Crippen molar-refractivity contribution in [3.63, 3.8) is 0 Å². The van der Waals surface area contributed by atoms with E-state index in [9.17, 15) is 9.90 Å². The van der Waals surface area contributed by atoms with Crippen molar-refractivity contribution in [3.8, 4) is 11.5 Å². The zero-order valence-electron chi connectivity index (χ0n) is 13.8. The molecule has 2 aromatic rings. The third-order valence-corrected chi connectivity index (χ3v) is 3.63. The monoisotopic (exact) mass is 330 g/mol. The summed E-state index contributed by atoms with van der Waals surface area (Å²) in [5.41, 5.74) is 0.892. The summed E-state index contributed by atoms with van der Waals surface area (Å²) in [7, 11) is 0. The fourth-order valence-corrected chi connectivity index (χ4v) is 2.45. The number of nitrogens with two attached hydrogens (primary N) is 1. The zero-order valence-corrected chi connectivity index (χ0v) is 13.8. The number of nitrogens with one attached hydrogen (secondary N) is 1. The Morgan fingerprint density at radius 3 is 1.62 bits per heavy atom. The Balaban J connectivity index is 2.43. The average Bonchev–Trinajstić information content (AvgIpc) is 2.62. The van der Waals surface area contributed by atoms with Gasteiger partial charge in [0, 0.05) is 0 Å². The van der Waals surface area contributed by atoms with Crippen LogP contribution < -0.4 is 20.7 Å². The highest BCUT2D eigenvalue weighted by Gasteiger charge is 2.39. The van der Waals surface area contributed by atoms with Gasteiger partial charge in [0.2, 0.25) is 0 Å². The maximum absolute atomic E-state index is 12.3. The molecule has 0 saturated carbocycles. The molecule has 0 spiro atoms. The quantitative estimate of drug-likeness (QED) is 0.408. The molecule has 0 aliphatic carbocycles. The lowest BCUT2D eigenvalue weighted by Gasteiger charge is -2.27. The van der Waals surface area contributed by atoms with Gasteiger partial charge in [0.1, 0.15) is 11.5 Å². The van der Waals surface area contributed by atoms with Gasteiger partial charge in [-0.3, -0.25) is 10.2 Å². The van der Waals surface area contributed by atoms with E-state index in [1.165, 1.54) is 0 Å². The fourth-order valence-electron chi connectivity index (χ4n) is 2.45. The van der Waals surface area contributed by atoms with E-state index in [-0.39, 0.29) is 0 Å². The second-order valence-corrected chi connectivity index (χ2v) is 5.10. The fraction of sp³-hybridized carbons (Fsp3) is 0.278. The van der Waals surface area contributed by atoms with Gasteiger partial charge in [0.05, 0.1) is 13.2 Å². The van der Waals surface area contributed by atoms with Crippen molar-refractivity contribution in [2.75, 3.05) is 13.2 Å². The Hall–Kier alpha value is -2.57. The molecule has 2 rings (SSSR count). The van der Waals surface area contributed by atoms with Crippen LogP contribution in [-0.2, 0) is 10.4 Å². The standard InChI is InChI=1S/C18H22N2O4/c1-3-23-15-9-5-13(6-10-15)18(22,17(21)20-19)14-7-11-16(12-8-14)24-4-2/h5-12,22H,3-4,19H2,1-2H3,(H,20,21). The maximum atomic E-state index is 12.3.